The molecule has 0 saturated carbocycles. The Morgan fingerprint density at radius 2 is 2.05 bits per heavy atom. The van der Waals surface area contributed by atoms with E-state index in [1.54, 1.807) is 24.4 Å². The highest BCUT2D eigenvalue weighted by Crippen LogP contribution is 2.28. The Morgan fingerprint density at radius 3 is 2.77 bits per heavy atom. The van der Waals surface area contributed by atoms with Crippen LogP contribution in [0.1, 0.15) is 43.0 Å². The number of nitrogens with zero attached hydrogens (tertiary/aromatic N) is 2. The molecule has 1 aromatic heterocycles. The first-order chi connectivity index (χ1) is 10.4. The SMILES string of the molecule is CC(C)(C)NC(=O)C1Nc2ccccc2C(=O)n2ccnc21. The van der Waals surface area contributed by atoms with Crippen LogP contribution in [0.15, 0.2) is 36.7 Å². The van der Waals surface area contributed by atoms with Crippen LogP contribution in [-0.4, -0.2) is 26.9 Å². The van der Waals surface area contributed by atoms with Crippen LogP contribution in [0.4, 0.5) is 5.69 Å². The Kier molecular flexibility index (Phi) is 3.24. The smallest absolute Gasteiger partial charge is 0.265 e. The molecule has 2 heterocycles. The molecule has 0 radical (unpaired) electrons. The topological polar surface area (TPSA) is 76.0 Å². The first kappa shape index (κ1) is 14.3. The minimum absolute atomic E-state index is 0.193. The maximum atomic E-state index is 12.6. The maximum absolute atomic E-state index is 12.6. The van der Waals surface area contributed by atoms with E-state index >= 15 is 0 Å². The van der Waals surface area contributed by atoms with Gasteiger partial charge in [-0.05, 0) is 32.9 Å². The van der Waals surface area contributed by atoms with E-state index in [9.17, 15) is 9.59 Å². The summed E-state index contributed by atoms with van der Waals surface area (Å²) in [5.74, 6) is -0.0194. The zero-order valence-corrected chi connectivity index (χ0v) is 12.8. The van der Waals surface area contributed by atoms with Crippen molar-refractivity contribution in [3.63, 3.8) is 0 Å². The predicted molar refractivity (Wildman–Crippen MR) is 82.7 cm³/mol. The Bertz CT molecular complexity index is 743. The van der Waals surface area contributed by atoms with Gasteiger partial charge in [0.25, 0.3) is 11.8 Å². The van der Waals surface area contributed by atoms with Crippen molar-refractivity contribution in [2.24, 2.45) is 0 Å². The molecule has 0 fully saturated rings. The second-order valence-corrected chi connectivity index (χ2v) is 6.32. The van der Waals surface area contributed by atoms with E-state index in [1.807, 2.05) is 26.8 Å². The zero-order valence-electron chi connectivity index (χ0n) is 12.8. The molecule has 1 aliphatic heterocycles. The van der Waals surface area contributed by atoms with Crippen LogP contribution in [0.2, 0.25) is 0 Å². The third kappa shape index (κ3) is 2.47. The van der Waals surface area contributed by atoms with Crippen LogP contribution < -0.4 is 10.6 Å². The fourth-order valence-electron chi connectivity index (χ4n) is 2.47. The molecule has 1 atom stereocenters. The number of carbonyl (C=O) groups is 2. The number of anilines is 1. The average molecular weight is 298 g/mol. The molecule has 1 amide bonds. The van der Waals surface area contributed by atoms with Gasteiger partial charge in [-0.1, -0.05) is 12.1 Å². The summed E-state index contributed by atoms with van der Waals surface area (Å²) < 4.78 is 1.42. The number of rotatable bonds is 1. The molecule has 1 aliphatic rings. The van der Waals surface area contributed by atoms with Crippen molar-refractivity contribution in [1.29, 1.82) is 0 Å². The molecule has 0 bridgehead atoms. The number of aromatic nitrogens is 2. The van der Waals surface area contributed by atoms with Crippen LogP contribution >= 0.6 is 0 Å². The lowest BCUT2D eigenvalue weighted by molar-refractivity contribution is -0.123. The van der Waals surface area contributed by atoms with Gasteiger partial charge in [0.15, 0.2) is 6.04 Å². The number of hydrogen-bond acceptors (Lipinski definition) is 4. The fourth-order valence-corrected chi connectivity index (χ4v) is 2.47. The van der Waals surface area contributed by atoms with Gasteiger partial charge in [-0.15, -0.1) is 0 Å². The predicted octanol–water partition coefficient (Wildman–Crippen LogP) is 1.95. The molecular formula is C16H18N4O2. The minimum atomic E-state index is -0.721. The largest absolute Gasteiger partial charge is 0.367 e. The van der Waals surface area contributed by atoms with Crippen LogP contribution in [0.5, 0.6) is 0 Å². The van der Waals surface area contributed by atoms with Crippen molar-refractivity contribution in [2.45, 2.75) is 32.4 Å². The lowest BCUT2D eigenvalue weighted by Gasteiger charge is -2.25. The Labute approximate surface area is 128 Å². The number of hydrogen-bond donors (Lipinski definition) is 2. The summed E-state index contributed by atoms with van der Waals surface area (Å²) in [6, 6.07) is 6.42. The maximum Gasteiger partial charge on any atom is 0.265 e. The summed E-state index contributed by atoms with van der Waals surface area (Å²) in [6.45, 7) is 5.73. The number of imidazole rings is 1. The molecule has 6 heteroatoms. The average Bonchev–Trinajstić information content (AvgIpc) is 2.87. The quantitative estimate of drug-likeness (QED) is 0.844. The fraction of sp³-hybridized carbons (Fsp3) is 0.312. The van der Waals surface area contributed by atoms with E-state index in [4.69, 9.17) is 0 Å². The van der Waals surface area contributed by atoms with Crippen LogP contribution in [-0.2, 0) is 4.79 Å². The number of carbonyl (C=O) groups excluding carboxylic acids is 2. The number of fused-ring (bicyclic) bond motifs is 2. The third-order valence-corrected chi connectivity index (χ3v) is 3.36. The molecule has 2 N–H and O–H groups in total. The van der Waals surface area contributed by atoms with Crippen LogP contribution in [0.3, 0.4) is 0 Å². The Morgan fingerprint density at radius 1 is 1.32 bits per heavy atom. The summed E-state index contributed by atoms with van der Waals surface area (Å²) >= 11 is 0. The monoisotopic (exact) mass is 298 g/mol. The minimum Gasteiger partial charge on any atom is -0.367 e. The summed E-state index contributed by atoms with van der Waals surface area (Å²) in [7, 11) is 0. The lowest BCUT2D eigenvalue weighted by Crippen LogP contribution is -2.45. The highest BCUT2D eigenvalue weighted by Gasteiger charge is 2.33. The number of para-hydroxylation sites is 1. The van der Waals surface area contributed by atoms with Crippen molar-refractivity contribution in [2.75, 3.05) is 5.32 Å². The summed E-state index contributed by atoms with van der Waals surface area (Å²) in [4.78, 5) is 29.4. The zero-order chi connectivity index (χ0) is 15.9. The summed E-state index contributed by atoms with van der Waals surface area (Å²) in [5.41, 5.74) is 0.784. The van der Waals surface area contributed by atoms with Gasteiger partial charge in [0, 0.05) is 23.6 Å². The van der Waals surface area contributed by atoms with Gasteiger partial charge in [-0.3, -0.25) is 14.2 Å². The Balaban J connectivity index is 2.07. The van der Waals surface area contributed by atoms with Crippen molar-refractivity contribution in [3.05, 3.63) is 48.0 Å². The van der Waals surface area contributed by atoms with Crippen molar-refractivity contribution in [3.8, 4) is 0 Å². The first-order valence-corrected chi connectivity index (χ1v) is 7.12. The molecule has 22 heavy (non-hydrogen) atoms. The molecule has 1 unspecified atom stereocenters. The standard InChI is InChI=1S/C16H18N4O2/c1-16(2,3)19-14(21)12-13-17-8-9-20(13)15(22)10-6-4-5-7-11(10)18-12/h4-9,12,18H,1-3H3,(H,19,21). The van der Waals surface area contributed by atoms with E-state index < -0.39 is 6.04 Å². The van der Waals surface area contributed by atoms with Gasteiger partial charge >= 0.3 is 0 Å². The van der Waals surface area contributed by atoms with E-state index in [1.165, 1.54) is 10.8 Å². The van der Waals surface area contributed by atoms with Gasteiger partial charge in [0.05, 0.1) is 5.56 Å². The summed E-state index contributed by atoms with van der Waals surface area (Å²) in [5, 5.41) is 6.07. The van der Waals surface area contributed by atoms with Crippen LogP contribution in [0.25, 0.3) is 0 Å². The van der Waals surface area contributed by atoms with Gasteiger partial charge in [-0.25, -0.2) is 4.98 Å². The van der Waals surface area contributed by atoms with Crippen molar-refractivity contribution < 1.29 is 9.59 Å². The molecule has 1 aromatic carbocycles. The van der Waals surface area contributed by atoms with E-state index in [2.05, 4.69) is 15.6 Å². The van der Waals surface area contributed by atoms with E-state index in [-0.39, 0.29) is 17.4 Å². The van der Waals surface area contributed by atoms with Crippen molar-refractivity contribution in [1.82, 2.24) is 14.9 Å². The highest BCUT2D eigenvalue weighted by atomic mass is 16.2. The molecular weight excluding hydrogens is 280 g/mol. The number of amides is 1. The van der Waals surface area contributed by atoms with Crippen LogP contribution in [0, 0.1) is 0 Å². The first-order valence-electron chi connectivity index (χ1n) is 7.12. The second kappa shape index (κ2) is 4.98. The van der Waals surface area contributed by atoms with Crippen molar-refractivity contribution >= 4 is 17.5 Å². The normalized spacial score (nSPS) is 17.0. The van der Waals surface area contributed by atoms with E-state index in [0.29, 0.717) is 17.1 Å². The molecule has 3 rings (SSSR count). The Hall–Kier alpha value is -2.63. The summed E-state index contributed by atoms with van der Waals surface area (Å²) in [6.07, 6.45) is 3.11. The molecule has 114 valence electrons. The lowest BCUT2D eigenvalue weighted by atomic mass is 10.1. The second-order valence-electron chi connectivity index (χ2n) is 6.32. The molecule has 0 aliphatic carbocycles. The third-order valence-electron chi connectivity index (χ3n) is 3.36. The number of nitrogens with one attached hydrogen (secondary N) is 2. The van der Waals surface area contributed by atoms with E-state index in [0.717, 1.165) is 0 Å². The number of benzene rings is 1. The molecule has 0 saturated heterocycles. The molecule has 2 aromatic rings. The molecule has 6 nitrogen and oxygen atoms in total. The highest BCUT2D eigenvalue weighted by molar-refractivity contribution is 6.03. The molecule has 0 spiro atoms. The van der Waals surface area contributed by atoms with Gasteiger partial charge in [0.1, 0.15) is 5.82 Å². The van der Waals surface area contributed by atoms with Gasteiger partial charge in [0.2, 0.25) is 0 Å². The van der Waals surface area contributed by atoms with Gasteiger partial charge < -0.3 is 10.6 Å². The van der Waals surface area contributed by atoms with Gasteiger partial charge in [-0.2, -0.15) is 0 Å².